The summed E-state index contributed by atoms with van der Waals surface area (Å²) in [6.45, 7) is 4.15. The molecule has 0 aromatic heterocycles. The minimum absolute atomic E-state index is 0.328. The topological polar surface area (TPSA) is 194 Å². The predicted molar refractivity (Wildman–Crippen MR) is 86.8 cm³/mol. The summed E-state index contributed by atoms with van der Waals surface area (Å²) in [6, 6.07) is -3.28. The highest BCUT2D eigenvalue weighted by atomic mass is 16.4. The Morgan fingerprint density at radius 1 is 1.00 bits per heavy atom. The molecule has 0 radical (unpaired) electrons. The molecule has 0 spiro atoms. The lowest BCUT2D eigenvalue weighted by molar-refractivity contribution is -0.141. The van der Waals surface area contributed by atoms with Crippen LogP contribution in [0.25, 0.3) is 0 Å². The number of carboxylic acids is 1. The lowest BCUT2D eigenvalue weighted by Crippen LogP contribution is -2.55. The number of hydrogen-bond acceptors (Lipinski definition) is 6. The normalized spacial score (nSPS) is 14.1. The van der Waals surface area contributed by atoms with Crippen molar-refractivity contribution in [3.63, 3.8) is 0 Å². The van der Waals surface area contributed by atoms with E-state index in [4.69, 9.17) is 16.6 Å². The van der Waals surface area contributed by atoms with Gasteiger partial charge in [0.25, 0.3) is 0 Å². The van der Waals surface area contributed by atoms with Gasteiger partial charge < -0.3 is 32.5 Å². The molecule has 0 aromatic carbocycles. The maximum absolute atomic E-state index is 12.1. The first-order chi connectivity index (χ1) is 11.5. The number of nitrogens with two attached hydrogens (primary N) is 2. The van der Waals surface area contributed by atoms with E-state index >= 15 is 0 Å². The van der Waals surface area contributed by atoms with Crippen LogP contribution in [0.15, 0.2) is 0 Å². The molecule has 0 fully saturated rings. The fraction of sp³-hybridized carbons (Fsp3) is 0.643. The lowest BCUT2D eigenvalue weighted by atomic mass is 10.0. The smallest absolute Gasteiger partial charge is 0.325 e. The van der Waals surface area contributed by atoms with Crippen molar-refractivity contribution in [2.45, 2.75) is 45.3 Å². The van der Waals surface area contributed by atoms with Crippen molar-refractivity contribution in [1.29, 1.82) is 0 Å². The molecule has 11 nitrogen and oxygen atoms in total. The van der Waals surface area contributed by atoms with Gasteiger partial charge in [0.1, 0.15) is 12.1 Å². The van der Waals surface area contributed by atoms with Gasteiger partial charge in [-0.05, 0) is 12.8 Å². The average molecular weight is 359 g/mol. The van der Waals surface area contributed by atoms with Crippen molar-refractivity contribution >= 4 is 29.6 Å². The minimum Gasteiger partial charge on any atom is -0.480 e. The fourth-order valence-electron chi connectivity index (χ4n) is 1.74. The number of aliphatic carboxylic acids is 1. The molecule has 0 aliphatic heterocycles. The van der Waals surface area contributed by atoms with Crippen molar-refractivity contribution in [3.05, 3.63) is 0 Å². The summed E-state index contributed by atoms with van der Waals surface area (Å²) in [5.41, 5.74) is 10.5. The van der Waals surface area contributed by atoms with Crippen LogP contribution in [0.4, 0.5) is 0 Å². The summed E-state index contributed by atoms with van der Waals surface area (Å²) in [5.74, 6) is -4.36. The van der Waals surface area contributed by atoms with Gasteiger partial charge in [0, 0.05) is 0 Å². The molecular weight excluding hydrogens is 334 g/mol. The summed E-state index contributed by atoms with van der Waals surface area (Å²) >= 11 is 0. The number of carboxylic acid groups (broad SMARTS) is 1. The van der Waals surface area contributed by atoms with E-state index in [0.717, 1.165) is 0 Å². The fourth-order valence-corrected chi connectivity index (χ4v) is 1.74. The van der Waals surface area contributed by atoms with Gasteiger partial charge in [-0.1, -0.05) is 13.8 Å². The van der Waals surface area contributed by atoms with E-state index in [2.05, 4.69) is 16.0 Å². The van der Waals surface area contributed by atoms with Crippen molar-refractivity contribution in [2.24, 2.45) is 17.4 Å². The number of rotatable bonds is 10. The Morgan fingerprint density at radius 3 is 2.00 bits per heavy atom. The third-order valence-corrected chi connectivity index (χ3v) is 3.18. The third-order valence-electron chi connectivity index (χ3n) is 3.18. The molecule has 3 atom stereocenters. The maximum atomic E-state index is 12.1. The minimum atomic E-state index is -1.21. The van der Waals surface area contributed by atoms with Gasteiger partial charge in [-0.3, -0.25) is 24.0 Å². The van der Waals surface area contributed by atoms with Crippen LogP contribution in [0, 0.1) is 5.92 Å². The van der Waals surface area contributed by atoms with Crippen LogP contribution in [0.2, 0.25) is 0 Å². The summed E-state index contributed by atoms with van der Waals surface area (Å²) in [4.78, 5) is 57.0. The van der Waals surface area contributed by atoms with Crippen LogP contribution in [-0.4, -0.2) is 59.4 Å². The van der Waals surface area contributed by atoms with Gasteiger partial charge in [0.05, 0.1) is 19.0 Å². The van der Waals surface area contributed by atoms with Crippen LogP contribution >= 0.6 is 0 Å². The van der Waals surface area contributed by atoms with Crippen molar-refractivity contribution < 1.29 is 29.1 Å². The second-order valence-electron chi connectivity index (χ2n) is 5.85. The van der Waals surface area contributed by atoms with Crippen LogP contribution in [0.3, 0.4) is 0 Å². The summed E-state index contributed by atoms with van der Waals surface area (Å²) in [6.07, 6.45) is -0.367. The Labute approximate surface area is 144 Å². The molecule has 3 unspecified atom stereocenters. The number of primary amides is 1. The summed E-state index contributed by atoms with van der Waals surface area (Å²) < 4.78 is 0. The standard InChI is InChI=1S/C14H25N5O6/c1-6(2)11(19-12(22)8(15)4-9(16)20)13(23)17-5-10(21)18-7(3)14(24)25/h6-8,11H,4-5,15H2,1-3H3,(H2,16,20)(H,17,23)(H,18,21)(H,19,22)(H,24,25). The van der Waals surface area contributed by atoms with E-state index < -0.39 is 54.3 Å². The van der Waals surface area contributed by atoms with E-state index in [0.29, 0.717) is 0 Å². The van der Waals surface area contributed by atoms with Gasteiger partial charge in [-0.2, -0.15) is 0 Å². The molecule has 4 amide bonds. The zero-order chi connectivity index (χ0) is 19.7. The van der Waals surface area contributed by atoms with Crippen molar-refractivity contribution in [3.8, 4) is 0 Å². The van der Waals surface area contributed by atoms with E-state index in [9.17, 15) is 24.0 Å². The molecule has 0 aliphatic carbocycles. The molecule has 0 aliphatic rings. The Hall–Kier alpha value is -2.69. The highest BCUT2D eigenvalue weighted by Crippen LogP contribution is 2.03. The second kappa shape index (κ2) is 10.2. The van der Waals surface area contributed by atoms with Gasteiger partial charge in [-0.15, -0.1) is 0 Å². The molecular formula is C14H25N5O6. The first-order valence-electron chi connectivity index (χ1n) is 7.59. The monoisotopic (exact) mass is 359 g/mol. The molecule has 0 aromatic rings. The largest absolute Gasteiger partial charge is 0.480 e. The van der Waals surface area contributed by atoms with Crippen molar-refractivity contribution in [1.82, 2.24) is 16.0 Å². The molecule has 0 heterocycles. The Bertz CT molecular complexity index is 536. The average Bonchev–Trinajstić information content (AvgIpc) is 2.48. The van der Waals surface area contributed by atoms with E-state index in [1.54, 1.807) is 13.8 Å². The molecule has 8 N–H and O–H groups in total. The molecule has 0 bridgehead atoms. The van der Waals surface area contributed by atoms with Crippen LogP contribution in [-0.2, 0) is 24.0 Å². The van der Waals surface area contributed by atoms with E-state index in [1.807, 2.05) is 0 Å². The third kappa shape index (κ3) is 8.65. The molecule has 11 heteroatoms. The Morgan fingerprint density at radius 2 is 1.56 bits per heavy atom. The summed E-state index contributed by atoms with van der Waals surface area (Å²) in [5, 5.41) is 15.6. The highest BCUT2D eigenvalue weighted by Gasteiger charge is 2.27. The van der Waals surface area contributed by atoms with Crippen LogP contribution in [0.1, 0.15) is 27.2 Å². The number of amides is 4. The SMILES string of the molecule is CC(NC(=O)CNC(=O)C(NC(=O)C(N)CC(N)=O)C(C)C)C(=O)O. The predicted octanol–water partition coefficient (Wildman–Crippen LogP) is -2.96. The second-order valence-corrected chi connectivity index (χ2v) is 5.85. The summed E-state index contributed by atoms with van der Waals surface area (Å²) in [7, 11) is 0. The number of carbonyl (C=O) groups excluding carboxylic acids is 4. The lowest BCUT2D eigenvalue weighted by Gasteiger charge is -2.23. The quantitative estimate of drug-likeness (QED) is 0.239. The van der Waals surface area contributed by atoms with Gasteiger partial charge in [0.2, 0.25) is 23.6 Å². The number of nitrogens with one attached hydrogen (secondary N) is 3. The number of hydrogen-bond donors (Lipinski definition) is 6. The highest BCUT2D eigenvalue weighted by molar-refractivity contribution is 5.93. The van der Waals surface area contributed by atoms with E-state index in [-0.39, 0.29) is 12.3 Å². The molecule has 25 heavy (non-hydrogen) atoms. The Balaban J connectivity index is 4.65. The zero-order valence-corrected chi connectivity index (χ0v) is 14.4. The molecule has 0 saturated carbocycles. The van der Waals surface area contributed by atoms with Gasteiger partial charge in [-0.25, -0.2) is 0 Å². The molecule has 0 saturated heterocycles. The maximum Gasteiger partial charge on any atom is 0.325 e. The Kier molecular flexibility index (Phi) is 9.13. The number of carbonyl (C=O) groups is 5. The van der Waals surface area contributed by atoms with Crippen LogP contribution in [0.5, 0.6) is 0 Å². The van der Waals surface area contributed by atoms with Crippen LogP contribution < -0.4 is 27.4 Å². The van der Waals surface area contributed by atoms with Gasteiger partial charge in [0.15, 0.2) is 0 Å². The van der Waals surface area contributed by atoms with E-state index in [1.165, 1.54) is 6.92 Å². The molecule has 0 rings (SSSR count). The zero-order valence-electron chi connectivity index (χ0n) is 14.4. The first-order valence-corrected chi connectivity index (χ1v) is 7.59. The van der Waals surface area contributed by atoms with Crippen molar-refractivity contribution in [2.75, 3.05) is 6.54 Å². The first kappa shape index (κ1) is 22.3. The molecule has 142 valence electrons. The van der Waals surface area contributed by atoms with Gasteiger partial charge >= 0.3 is 5.97 Å².